The highest BCUT2D eigenvalue weighted by atomic mass is 16.5. The number of methoxy groups -OCH3 is 1. The third-order valence-corrected chi connectivity index (χ3v) is 20.7. The van der Waals surface area contributed by atoms with Gasteiger partial charge in [0.25, 0.3) is 0 Å². The first-order valence-electron chi connectivity index (χ1n) is 26.6. The number of fused-ring (bicyclic) bond motifs is 7. The number of amides is 3. The van der Waals surface area contributed by atoms with Crippen LogP contribution in [0.25, 0.3) is 0 Å². The highest BCUT2D eigenvalue weighted by Crippen LogP contribution is 2.82. The van der Waals surface area contributed by atoms with Gasteiger partial charge in [-0.3, -0.25) is 24.0 Å². The van der Waals surface area contributed by atoms with Gasteiger partial charge in [0.15, 0.2) is 0 Å². The number of carboxylic acids is 1. The third-order valence-electron chi connectivity index (χ3n) is 20.7. The Kier molecular flexibility index (Phi) is 16.2. The van der Waals surface area contributed by atoms with Gasteiger partial charge in [0, 0.05) is 19.4 Å². The molecule has 0 saturated heterocycles. The van der Waals surface area contributed by atoms with Crippen LogP contribution in [0.3, 0.4) is 0 Å². The van der Waals surface area contributed by atoms with Crippen LogP contribution in [0.2, 0.25) is 0 Å². The average Bonchev–Trinajstić information content (AvgIpc) is 4.05. The predicted octanol–water partition coefficient (Wildman–Crippen LogP) is 10.2. The molecule has 0 bridgehead atoms. The number of rotatable bonds is 23. The van der Waals surface area contributed by atoms with Gasteiger partial charge in [0.05, 0.1) is 31.0 Å². The largest absolute Gasteiger partial charge is 0.481 e. The molecule has 68 heavy (non-hydrogen) atoms. The van der Waals surface area contributed by atoms with E-state index in [4.69, 9.17) is 15.2 Å². The molecule has 6 aliphatic rings. The molecule has 3 amide bonds. The Morgan fingerprint density at radius 1 is 0.853 bits per heavy atom. The van der Waals surface area contributed by atoms with Crippen LogP contribution < -0.4 is 16.4 Å². The van der Waals surface area contributed by atoms with Crippen LogP contribution >= 0.6 is 0 Å². The zero-order valence-electron chi connectivity index (χ0n) is 43.5. The summed E-state index contributed by atoms with van der Waals surface area (Å²) in [6.45, 7) is 24.0. The summed E-state index contributed by atoms with van der Waals surface area (Å²) in [6, 6.07) is -0.878. The number of nitrogens with one attached hydrogen (secondary N) is 2. The topological polar surface area (TPSA) is 191 Å². The van der Waals surface area contributed by atoms with Gasteiger partial charge in [-0.05, 0) is 174 Å². The first-order chi connectivity index (χ1) is 31.9. The Hall–Kier alpha value is -3.70. The minimum absolute atomic E-state index is 0.0105. The number of esters is 2. The highest BCUT2D eigenvalue weighted by Gasteiger charge is 2.76. The number of hydrogen-bond acceptors (Lipinski definition) is 8. The third kappa shape index (κ3) is 9.83. The Morgan fingerprint density at radius 2 is 1.50 bits per heavy atom. The molecular weight excluding hydrogens is 859 g/mol. The van der Waals surface area contributed by atoms with E-state index in [1.807, 2.05) is 0 Å². The zero-order valence-corrected chi connectivity index (χ0v) is 43.5. The van der Waals surface area contributed by atoms with Gasteiger partial charge in [0.2, 0.25) is 17.7 Å². The molecule has 12 unspecified atom stereocenters. The van der Waals surface area contributed by atoms with Gasteiger partial charge < -0.3 is 30.9 Å². The fraction of sp³-hybridized carbons (Fsp3) is 0.821. The fourth-order valence-corrected chi connectivity index (χ4v) is 16.6. The van der Waals surface area contributed by atoms with Crippen molar-refractivity contribution in [2.45, 2.75) is 203 Å². The van der Waals surface area contributed by atoms with E-state index in [0.29, 0.717) is 49.7 Å². The summed E-state index contributed by atoms with van der Waals surface area (Å²) in [5.74, 6) is -0.422. The summed E-state index contributed by atoms with van der Waals surface area (Å²) in [6.07, 6.45) is 21.0. The normalized spacial score (nSPS) is 36.3. The SMILES string of the molecule is C=C(C)C1CCC2(C(=O)NCCCCCCCCC(=O)NC(CCC(N)=O)C(=O)OC)CCC3(C)C(C)(CCC4C5(C)CCC(CCOC(=O)CC(C)(C)C(=O)O)C(C)(C6=CC6)C5CCC43C)C12. The lowest BCUT2D eigenvalue weighted by molar-refractivity contribution is -0.271. The molecule has 382 valence electrons. The van der Waals surface area contributed by atoms with Crippen molar-refractivity contribution in [1.29, 1.82) is 0 Å². The number of nitrogens with two attached hydrogens (primary N) is 1. The number of carbonyl (C=O) groups is 6. The summed E-state index contributed by atoms with van der Waals surface area (Å²) < 4.78 is 10.5. The number of aliphatic carboxylic acids is 1. The van der Waals surface area contributed by atoms with Crippen LogP contribution in [0.5, 0.6) is 0 Å². The second-order valence-corrected chi connectivity index (χ2v) is 24.6. The number of hydrogen-bond donors (Lipinski definition) is 4. The van der Waals surface area contributed by atoms with Crippen molar-refractivity contribution < 1.29 is 43.3 Å². The van der Waals surface area contributed by atoms with Gasteiger partial charge in [-0.2, -0.15) is 0 Å². The fourth-order valence-electron chi connectivity index (χ4n) is 16.6. The maximum Gasteiger partial charge on any atom is 0.328 e. The molecule has 0 heterocycles. The van der Waals surface area contributed by atoms with E-state index in [1.54, 1.807) is 19.4 Å². The quantitative estimate of drug-likeness (QED) is 0.0439. The van der Waals surface area contributed by atoms with E-state index in [9.17, 15) is 33.9 Å². The summed E-state index contributed by atoms with van der Waals surface area (Å²) in [5.41, 5.74) is 6.87. The Morgan fingerprint density at radius 3 is 2.13 bits per heavy atom. The second kappa shape index (κ2) is 20.6. The lowest BCUT2D eigenvalue weighted by atomic mass is 9.28. The number of carboxylic acid groups (broad SMARTS) is 1. The predicted molar refractivity (Wildman–Crippen MR) is 263 cm³/mol. The van der Waals surface area contributed by atoms with Crippen molar-refractivity contribution in [2.75, 3.05) is 20.3 Å². The van der Waals surface area contributed by atoms with Crippen molar-refractivity contribution in [3.05, 3.63) is 23.8 Å². The molecule has 0 spiro atoms. The molecule has 12 nitrogen and oxygen atoms in total. The maximum atomic E-state index is 14.8. The lowest BCUT2D eigenvalue weighted by Gasteiger charge is -2.76. The molecule has 0 radical (unpaired) electrons. The summed E-state index contributed by atoms with van der Waals surface area (Å²) in [4.78, 5) is 75.0. The number of ether oxygens (including phenoxy) is 2. The van der Waals surface area contributed by atoms with Crippen LogP contribution in [0, 0.1) is 67.5 Å². The molecule has 5 saturated carbocycles. The van der Waals surface area contributed by atoms with Crippen molar-refractivity contribution in [2.24, 2.45) is 73.2 Å². The van der Waals surface area contributed by atoms with Crippen LogP contribution in [0.4, 0.5) is 0 Å². The maximum absolute atomic E-state index is 14.8. The number of allylic oxidation sites excluding steroid dienone is 3. The minimum atomic E-state index is -1.15. The number of primary amides is 1. The average molecular weight is 948 g/mol. The molecule has 5 N–H and O–H groups in total. The van der Waals surface area contributed by atoms with Crippen LogP contribution in [0.1, 0.15) is 197 Å². The summed E-state index contributed by atoms with van der Waals surface area (Å²) in [7, 11) is 1.25. The molecule has 5 fully saturated rings. The van der Waals surface area contributed by atoms with Crippen molar-refractivity contribution in [1.82, 2.24) is 10.6 Å². The van der Waals surface area contributed by atoms with Crippen LogP contribution in [0.15, 0.2) is 23.8 Å². The summed E-state index contributed by atoms with van der Waals surface area (Å²) >= 11 is 0. The van der Waals surface area contributed by atoms with Crippen molar-refractivity contribution in [3.63, 3.8) is 0 Å². The van der Waals surface area contributed by atoms with Gasteiger partial charge >= 0.3 is 17.9 Å². The van der Waals surface area contributed by atoms with E-state index in [2.05, 4.69) is 64.8 Å². The molecule has 0 aromatic carbocycles. The van der Waals surface area contributed by atoms with Gasteiger partial charge in [-0.15, -0.1) is 0 Å². The molecule has 0 aliphatic heterocycles. The molecule has 0 aromatic rings. The molecule has 6 rings (SSSR count). The first kappa shape index (κ1) is 53.6. The van der Waals surface area contributed by atoms with Gasteiger partial charge in [0.1, 0.15) is 6.04 Å². The van der Waals surface area contributed by atoms with Gasteiger partial charge in [-0.1, -0.05) is 84.1 Å². The van der Waals surface area contributed by atoms with Crippen molar-refractivity contribution in [3.8, 4) is 0 Å². The van der Waals surface area contributed by atoms with Crippen molar-refractivity contribution >= 4 is 35.6 Å². The number of unbranched alkanes of at least 4 members (excludes halogenated alkanes) is 5. The molecule has 12 heteroatoms. The van der Waals surface area contributed by atoms with E-state index in [0.717, 1.165) is 83.5 Å². The number of carbonyl (C=O) groups excluding carboxylic acids is 5. The Balaban J connectivity index is 1.06. The molecule has 12 atom stereocenters. The first-order valence-corrected chi connectivity index (χ1v) is 26.6. The Bertz CT molecular complexity index is 1980. The summed E-state index contributed by atoms with van der Waals surface area (Å²) in [5, 5.41) is 15.7. The molecular formula is C56H89N3O9. The standard InChI is InChI=1S/C56H89N3O9/c1-36(2)39-23-30-56(48(64)58-33-16-14-12-11-13-15-17-44(61)59-40(47(63)67-10)20-21-43(57)60)32-31-54(8)52(6)28-25-42-51(5,41(52)24-29-53(54,7)46(39)56)27-22-38(55(42,9)37-18-19-37)26-34-68-45(62)35-50(3,4)49(65)66/h18,38-42,46H,1,11-17,19-35H2,2-10H3,(H2,57,60)(H,58,64)(H,59,61)(H,65,66). The monoisotopic (exact) mass is 948 g/mol. The minimum Gasteiger partial charge on any atom is -0.481 e. The molecule has 0 aromatic heterocycles. The highest BCUT2D eigenvalue weighted by molar-refractivity contribution is 5.85. The second-order valence-electron chi connectivity index (χ2n) is 24.6. The van der Waals surface area contributed by atoms with Gasteiger partial charge in [-0.25, -0.2) is 4.79 Å². The van der Waals surface area contributed by atoms with Crippen LogP contribution in [-0.4, -0.2) is 67.0 Å². The smallest absolute Gasteiger partial charge is 0.328 e. The van der Waals surface area contributed by atoms with E-state index < -0.39 is 40.7 Å². The lowest BCUT2D eigenvalue weighted by Crippen LogP contribution is -2.70. The van der Waals surface area contributed by atoms with Crippen LogP contribution in [-0.2, 0) is 38.2 Å². The van der Waals surface area contributed by atoms with E-state index in [1.165, 1.54) is 38.4 Å². The Labute approximate surface area is 408 Å². The van der Waals surface area contributed by atoms with E-state index in [-0.39, 0.29) is 64.1 Å². The zero-order chi connectivity index (χ0) is 50.1. The van der Waals surface area contributed by atoms with E-state index >= 15 is 0 Å². The molecule has 6 aliphatic carbocycles.